The van der Waals surface area contributed by atoms with Crippen molar-refractivity contribution in [2.45, 2.75) is 50.9 Å². The van der Waals surface area contributed by atoms with Crippen LogP contribution in [0.4, 0.5) is 4.39 Å². The van der Waals surface area contributed by atoms with Crippen molar-refractivity contribution in [3.05, 3.63) is 59.4 Å². The van der Waals surface area contributed by atoms with Crippen molar-refractivity contribution in [2.24, 2.45) is 5.92 Å². The fourth-order valence-electron chi connectivity index (χ4n) is 4.29. The Morgan fingerprint density at radius 1 is 1.19 bits per heavy atom. The summed E-state index contributed by atoms with van der Waals surface area (Å²) in [6.45, 7) is 2.14. The van der Waals surface area contributed by atoms with E-state index in [1.54, 1.807) is 36.4 Å². The standard InChI is InChI=1S/C23H24FNO2/c1-2-3-16-10-12-23(13-11-16,22(26)27)20-9-8-19(14-21(20)24)18-6-4-17(15-25)5-7-18/h4-9,14,16H,2-3,10-13H2,1H3,(H,26,27)/t16-,23-. The molecule has 0 spiro atoms. The molecule has 1 fully saturated rings. The van der Waals surface area contributed by atoms with E-state index in [0.29, 0.717) is 35.4 Å². The molecule has 3 rings (SSSR count). The molecule has 4 heteroatoms. The van der Waals surface area contributed by atoms with Gasteiger partial charge in [0.2, 0.25) is 0 Å². The second-order valence-corrected chi connectivity index (χ2v) is 7.50. The normalized spacial score (nSPS) is 22.2. The van der Waals surface area contributed by atoms with Crippen molar-refractivity contribution < 1.29 is 14.3 Å². The first-order chi connectivity index (χ1) is 13.0. The van der Waals surface area contributed by atoms with Gasteiger partial charge in [-0.05, 0) is 60.9 Å². The van der Waals surface area contributed by atoms with Crippen LogP contribution in [0.15, 0.2) is 42.5 Å². The zero-order valence-electron chi connectivity index (χ0n) is 15.5. The molecule has 0 unspecified atom stereocenters. The third-order valence-corrected chi connectivity index (χ3v) is 5.90. The average Bonchev–Trinajstić information content (AvgIpc) is 2.69. The number of carbonyl (C=O) groups is 1. The Hall–Kier alpha value is -2.67. The van der Waals surface area contributed by atoms with Crippen LogP contribution >= 0.6 is 0 Å². The van der Waals surface area contributed by atoms with Gasteiger partial charge in [0.15, 0.2) is 0 Å². The predicted molar refractivity (Wildman–Crippen MR) is 103 cm³/mol. The second-order valence-electron chi connectivity index (χ2n) is 7.50. The molecular formula is C23H24FNO2. The van der Waals surface area contributed by atoms with Gasteiger partial charge in [0.05, 0.1) is 17.0 Å². The number of carboxylic acids is 1. The van der Waals surface area contributed by atoms with E-state index in [9.17, 15) is 9.90 Å². The molecule has 1 aliphatic carbocycles. The lowest BCUT2D eigenvalue weighted by Crippen LogP contribution is -2.40. The highest BCUT2D eigenvalue weighted by molar-refractivity contribution is 5.82. The Bertz CT molecular complexity index is 859. The molecule has 2 aromatic carbocycles. The number of hydrogen-bond donors (Lipinski definition) is 1. The van der Waals surface area contributed by atoms with E-state index in [1.165, 1.54) is 6.07 Å². The molecular weight excluding hydrogens is 341 g/mol. The van der Waals surface area contributed by atoms with E-state index in [4.69, 9.17) is 5.26 Å². The van der Waals surface area contributed by atoms with Crippen molar-refractivity contribution >= 4 is 5.97 Å². The van der Waals surface area contributed by atoms with Crippen LogP contribution in [0, 0.1) is 23.1 Å². The minimum absolute atomic E-state index is 0.294. The summed E-state index contributed by atoms with van der Waals surface area (Å²) in [6.07, 6.45) is 4.84. The van der Waals surface area contributed by atoms with Crippen LogP contribution in [0.25, 0.3) is 11.1 Å². The van der Waals surface area contributed by atoms with Gasteiger partial charge in [-0.25, -0.2) is 4.39 Å². The molecule has 0 heterocycles. The monoisotopic (exact) mass is 365 g/mol. The van der Waals surface area contributed by atoms with Crippen molar-refractivity contribution in [1.82, 2.24) is 0 Å². The maximum atomic E-state index is 15.0. The minimum Gasteiger partial charge on any atom is -0.481 e. The van der Waals surface area contributed by atoms with Gasteiger partial charge < -0.3 is 5.11 Å². The number of hydrogen-bond acceptors (Lipinski definition) is 2. The quantitative estimate of drug-likeness (QED) is 0.742. The Balaban J connectivity index is 1.91. The molecule has 0 saturated heterocycles. The second kappa shape index (κ2) is 7.92. The van der Waals surface area contributed by atoms with Crippen LogP contribution in [0.5, 0.6) is 0 Å². The Morgan fingerprint density at radius 3 is 2.33 bits per heavy atom. The van der Waals surface area contributed by atoms with Crippen LogP contribution in [0.1, 0.15) is 56.6 Å². The third kappa shape index (κ3) is 3.73. The lowest BCUT2D eigenvalue weighted by atomic mass is 9.65. The highest BCUT2D eigenvalue weighted by Crippen LogP contribution is 2.44. The Labute approximate surface area is 159 Å². The fourth-order valence-corrected chi connectivity index (χ4v) is 4.29. The van der Waals surface area contributed by atoms with Crippen molar-refractivity contribution in [3.8, 4) is 17.2 Å². The number of halogens is 1. The predicted octanol–water partition coefficient (Wildman–Crippen LogP) is 5.68. The summed E-state index contributed by atoms with van der Waals surface area (Å²) in [7, 11) is 0. The molecule has 0 aliphatic heterocycles. The molecule has 0 atom stereocenters. The largest absolute Gasteiger partial charge is 0.481 e. The van der Waals surface area contributed by atoms with E-state index in [0.717, 1.165) is 31.2 Å². The highest BCUT2D eigenvalue weighted by Gasteiger charge is 2.44. The van der Waals surface area contributed by atoms with Gasteiger partial charge in [0.1, 0.15) is 5.82 Å². The van der Waals surface area contributed by atoms with Crippen LogP contribution < -0.4 is 0 Å². The number of nitriles is 1. The lowest BCUT2D eigenvalue weighted by Gasteiger charge is -2.37. The molecule has 1 aliphatic rings. The van der Waals surface area contributed by atoms with E-state index < -0.39 is 17.2 Å². The summed E-state index contributed by atoms with van der Waals surface area (Å²) in [5.74, 6) is -0.848. The van der Waals surface area contributed by atoms with E-state index in [2.05, 4.69) is 13.0 Å². The fraction of sp³-hybridized carbons (Fsp3) is 0.391. The van der Waals surface area contributed by atoms with Gasteiger partial charge in [-0.3, -0.25) is 4.79 Å². The molecule has 1 N–H and O–H groups in total. The summed E-state index contributed by atoms with van der Waals surface area (Å²) in [5, 5.41) is 18.8. The number of aliphatic carboxylic acids is 1. The summed E-state index contributed by atoms with van der Waals surface area (Å²) in [5.41, 5.74) is 1.20. The number of benzene rings is 2. The molecule has 1 saturated carbocycles. The molecule has 0 aromatic heterocycles. The number of rotatable bonds is 5. The van der Waals surface area contributed by atoms with Crippen molar-refractivity contribution in [2.75, 3.05) is 0 Å². The molecule has 0 amide bonds. The van der Waals surface area contributed by atoms with E-state index in [-0.39, 0.29) is 0 Å². The van der Waals surface area contributed by atoms with Crippen LogP contribution in [0.3, 0.4) is 0 Å². The summed E-state index contributed by atoms with van der Waals surface area (Å²) < 4.78 is 15.0. The molecule has 0 bridgehead atoms. The summed E-state index contributed by atoms with van der Waals surface area (Å²) >= 11 is 0. The maximum Gasteiger partial charge on any atom is 0.314 e. The maximum absolute atomic E-state index is 15.0. The first kappa shape index (κ1) is 19.1. The van der Waals surface area contributed by atoms with Gasteiger partial charge in [-0.15, -0.1) is 0 Å². The van der Waals surface area contributed by atoms with Crippen molar-refractivity contribution in [3.63, 3.8) is 0 Å². The summed E-state index contributed by atoms with van der Waals surface area (Å²) in [6, 6.07) is 13.8. The Kier molecular flexibility index (Phi) is 5.60. The average molecular weight is 365 g/mol. The SMILES string of the molecule is CCC[C@H]1CC[C@@](C(=O)O)(c2ccc(-c3ccc(C#N)cc3)cc2F)CC1. The zero-order chi connectivity index (χ0) is 19.4. The summed E-state index contributed by atoms with van der Waals surface area (Å²) in [4.78, 5) is 12.1. The van der Waals surface area contributed by atoms with Gasteiger partial charge in [-0.2, -0.15) is 5.26 Å². The zero-order valence-corrected chi connectivity index (χ0v) is 15.5. The highest BCUT2D eigenvalue weighted by atomic mass is 19.1. The van der Waals surface area contributed by atoms with Crippen molar-refractivity contribution in [1.29, 1.82) is 5.26 Å². The first-order valence-corrected chi connectivity index (χ1v) is 9.54. The molecule has 2 aromatic rings. The molecule has 27 heavy (non-hydrogen) atoms. The van der Waals surface area contributed by atoms with Crippen LogP contribution in [-0.4, -0.2) is 11.1 Å². The lowest BCUT2D eigenvalue weighted by molar-refractivity contribution is -0.145. The number of carboxylic acid groups (broad SMARTS) is 1. The van der Waals surface area contributed by atoms with Crippen LogP contribution in [0.2, 0.25) is 0 Å². The topological polar surface area (TPSA) is 61.1 Å². The van der Waals surface area contributed by atoms with Gasteiger partial charge in [-0.1, -0.05) is 44.0 Å². The van der Waals surface area contributed by atoms with E-state index >= 15 is 4.39 Å². The first-order valence-electron chi connectivity index (χ1n) is 9.54. The van der Waals surface area contributed by atoms with Crippen LogP contribution in [-0.2, 0) is 10.2 Å². The molecule has 0 radical (unpaired) electrons. The van der Waals surface area contributed by atoms with Gasteiger partial charge in [0.25, 0.3) is 0 Å². The minimum atomic E-state index is -1.13. The molecule has 3 nitrogen and oxygen atoms in total. The van der Waals surface area contributed by atoms with Gasteiger partial charge in [0, 0.05) is 5.56 Å². The Morgan fingerprint density at radius 2 is 1.81 bits per heavy atom. The van der Waals surface area contributed by atoms with Gasteiger partial charge >= 0.3 is 5.97 Å². The molecule has 140 valence electrons. The third-order valence-electron chi connectivity index (χ3n) is 5.90. The smallest absolute Gasteiger partial charge is 0.314 e. The number of nitrogens with zero attached hydrogens (tertiary/aromatic N) is 1. The van der Waals surface area contributed by atoms with E-state index in [1.807, 2.05) is 0 Å².